The highest BCUT2D eigenvalue weighted by Gasteiger charge is 1.98. The van der Waals surface area contributed by atoms with Gasteiger partial charge in [-0.15, -0.1) is 0 Å². The van der Waals surface area contributed by atoms with Crippen molar-refractivity contribution in [3.63, 3.8) is 0 Å². The Morgan fingerprint density at radius 1 is 0.625 bits per heavy atom. The monoisotopic (exact) mass is 317 g/mol. The third-order valence-electron chi connectivity index (χ3n) is 3.23. The highest BCUT2D eigenvalue weighted by molar-refractivity contribution is 5.84. The van der Waals surface area contributed by atoms with E-state index in [1.165, 1.54) is 0 Å². The van der Waals surface area contributed by atoms with Gasteiger partial charge in [0.25, 0.3) is 0 Å². The lowest BCUT2D eigenvalue weighted by Crippen LogP contribution is -1.92. The number of hydrogen-bond donors (Lipinski definition) is 2. The zero-order valence-corrected chi connectivity index (χ0v) is 12.7. The number of pyridine rings is 1. The van der Waals surface area contributed by atoms with Crippen molar-refractivity contribution >= 4 is 23.8 Å². The summed E-state index contributed by atoms with van der Waals surface area (Å²) in [5.74, 6) is 0.233. The first kappa shape index (κ1) is 15.4. The van der Waals surface area contributed by atoms with Crippen molar-refractivity contribution in [1.82, 2.24) is 4.98 Å². The topological polar surface area (TPSA) is 78.1 Å². The molecule has 5 heteroatoms. The van der Waals surface area contributed by atoms with E-state index >= 15 is 0 Å². The van der Waals surface area contributed by atoms with Crippen LogP contribution >= 0.6 is 0 Å². The molecule has 0 spiro atoms. The number of nitrogens with zero attached hydrogens (tertiary/aromatic N) is 3. The van der Waals surface area contributed by atoms with Crippen LogP contribution in [0.15, 0.2) is 76.7 Å². The van der Waals surface area contributed by atoms with E-state index in [0.717, 1.165) is 0 Å². The second-order valence-electron chi connectivity index (χ2n) is 4.98. The van der Waals surface area contributed by atoms with Crippen molar-refractivity contribution in [3.8, 4) is 11.5 Å². The van der Waals surface area contributed by atoms with Crippen LogP contribution in [-0.2, 0) is 0 Å². The summed E-state index contributed by atoms with van der Waals surface area (Å²) in [4.78, 5) is 12.9. The lowest BCUT2D eigenvalue weighted by Gasteiger charge is -1.99. The molecule has 0 aliphatic carbocycles. The molecule has 0 fully saturated rings. The molecule has 0 bridgehead atoms. The molecule has 0 unspecified atom stereocenters. The predicted octanol–water partition coefficient (Wildman–Crippen LogP) is 3.99. The van der Waals surface area contributed by atoms with Gasteiger partial charge in [0.1, 0.15) is 22.9 Å². The van der Waals surface area contributed by atoms with E-state index in [1.54, 1.807) is 73.1 Å². The minimum Gasteiger partial charge on any atom is -0.506 e. The van der Waals surface area contributed by atoms with E-state index in [1.807, 2.05) is 6.07 Å². The summed E-state index contributed by atoms with van der Waals surface area (Å²) in [6, 6.07) is 19.1. The SMILES string of the molecule is Oc1ccccc1N=Cc1cccc(C=Nc2ccccc2O)n1. The van der Waals surface area contributed by atoms with Gasteiger partial charge >= 0.3 is 0 Å². The molecule has 1 heterocycles. The summed E-state index contributed by atoms with van der Waals surface area (Å²) in [5.41, 5.74) is 2.24. The van der Waals surface area contributed by atoms with E-state index in [2.05, 4.69) is 15.0 Å². The lowest BCUT2D eigenvalue weighted by molar-refractivity contribution is 0.476. The fourth-order valence-corrected chi connectivity index (χ4v) is 2.03. The number of aromatic nitrogens is 1. The van der Waals surface area contributed by atoms with Gasteiger partial charge in [0.2, 0.25) is 0 Å². The van der Waals surface area contributed by atoms with Crippen LogP contribution in [0, 0.1) is 0 Å². The van der Waals surface area contributed by atoms with Crippen LogP contribution in [0.25, 0.3) is 0 Å². The summed E-state index contributed by atoms with van der Waals surface area (Å²) < 4.78 is 0. The van der Waals surface area contributed by atoms with Crippen molar-refractivity contribution in [1.29, 1.82) is 0 Å². The molecule has 0 amide bonds. The molecule has 3 aromatic rings. The van der Waals surface area contributed by atoms with Crippen molar-refractivity contribution in [2.45, 2.75) is 0 Å². The largest absolute Gasteiger partial charge is 0.506 e. The van der Waals surface area contributed by atoms with Gasteiger partial charge in [-0.25, -0.2) is 4.98 Å². The summed E-state index contributed by atoms with van der Waals surface area (Å²) in [6.45, 7) is 0. The molecule has 118 valence electrons. The van der Waals surface area contributed by atoms with Crippen LogP contribution in [0.5, 0.6) is 11.5 Å². The molecular formula is C19H15N3O2. The zero-order chi connectivity index (χ0) is 16.8. The molecule has 5 nitrogen and oxygen atoms in total. The van der Waals surface area contributed by atoms with Crippen LogP contribution < -0.4 is 0 Å². The van der Waals surface area contributed by atoms with E-state index in [0.29, 0.717) is 22.8 Å². The van der Waals surface area contributed by atoms with Crippen molar-refractivity contribution < 1.29 is 10.2 Å². The number of aliphatic imine (C=N–C) groups is 2. The van der Waals surface area contributed by atoms with Gasteiger partial charge in [-0.3, -0.25) is 9.98 Å². The minimum atomic E-state index is 0.117. The van der Waals surface area contributed by atoms with E-state index in [4.69, 9.17) is 0 Å². The Morgan fingerprint density at radius 2 is 1.08 bits per heavy atom. The molecule has 24 heavy (non-hydrogen) atoms. The first-order chi connectivity index (χ1) is 11.7. The number of hydrogen-bond acceptors (Lipinski definition) is 5. The van der Waals surface area contributed by atoms with Gasteiger partial charge in [-0.1, -0.05) is 30.3 Å². The third-order valence-corrected chi connectivity index (χ3v) is 3.23. The molecule has 1 aromatic heterocycles. The highest BCUT2D eigenvalue weighted by Crippen LogP contribution is 2.25. The first-order valence-corrected chi connectivity index (χ1v) is 7.33. The molecule has 0 atom stereocenters. The van der Waals surface area contributed by atoms with Crippen LogP contribution in [0.3, 0.4) is 0 Å². The molecule has 2 N–H and O–H groups in total. The van der Waals surface area contributed by atoms with Gasteiger partial charge in [0.05, 0.1) is 23.8 Å². The Hall–Kier alpha value is -3.47. The Labute approximate surface area is 139 Å². The van der Waals surface area contributed by atoms with Crippen molar-refractivity contribution in [2.24, 2.45) is 9.98 Å². The third kappa shape index (κ3) is 3.84. The van der Waals surface area contributed by atoms with E-state index < -0.39 is 0 Å². The average Bonchev–Trinajstić information content (AvgIpc) is 2.61. The van der Waals surface area contributed by atoms with Gasteiger partial charge in [0, 0.05) is 0 Å². The quantitative estimate of drug-likeness (QED) is 0.714. The number of phenolic OH excluding ortho intramolecular Hbond substituents is 2. The van der Waals surface area contributed by atoms with Crippen LogP contribution in [-0.4, -0.2) is 27.6 Å². The maximum Gasteiger partial charge on any atom is 0.141 e. The molecular weight excluding hydrogens is 302 g/mol. The van der Waals surface area contributed by atoms with E-state index in [9.17, 15) is 10.2 Å². The smallest absolute Gasteiger partial charge is 0.141 e. The summed E-state index contributed by atoms with van der Waals surface area (Å²) in [6.07, 6.45) is 3.15. The Balaban J connectivity index is 1.80. The van der Waals surface area contributed by atoms with E-state index in [-0.39, 0.29) is 11.5 Å². The summed E-state index contributed by atoms with van der Waals surface area (Å²) >= 11 is 0. The molecule has 0 saturated carbocycles. The van der Waals surface area contributed by atoms with Crippen molar-refractivity contribution in [3.05, 3.63) is 78.1 Å². The Bertz CT molecular complexity index is 834. The van der Waals surface area contributed by atoms with Gasteiger partial charge < -0.3 is 10.2 Å². The fourth-order valence-electron chi connectivity index (χ4n) is 2.03. The molecule has 0 radical (unpaired) electrons. The maximum atomic E-state index is 9.70. The molecule has 0 saturated heterocycles. The van der Waals surface area contributed by atoms with Gasteiger partial charge in [-0.2, -0.15) is 0 Å². The number of para-hydroxylation sites is 4. The number of benzene rings is 2. The Morgan fingerprint density at radius 3 is 1.54 bits per heavy atom. The lowest BCUT2D eigenvalue weighted by atomic mass is 10.3. The highest BCUT2D eigenvalue weighted by atomic mass is 16.3. The normalized spacial score (nSPS) is 11.3. The molecule has 2 aromatic carbocycles. The van der Waals surface area contributed by atoms with Crippen LogP contribution in [0.1, 0.15) is 11.4 Å². The van der Waals surface area contributed by atoms with Gasteiger partial charge in [-0.05, 0) is 36.4 Å². The minimum absolute atomic E-state index is 0.117. The summed E-state index contributed by atoms with van der Waals surface area (Å²) in [5, 5.41) is 19.4. The number of rotatable bonds is 4. The molecule has 0 aliphatic heterocycles. The zero-order valence-electron chi connectivity index (χ0n) is 12.7. The second-order valence-corrected chi connectivity index (χ2v) is 4.98. The van der Waals surface area contributed by atoms with Gasteiger partial charge in [0.15, 0.2) is 0 Å². The van der Waals surface area contributed by atoms with Crippen LogP contribution in [0.4, 0.5) is 11.4 Å². The summed E-state index contributed by atoms with van der Waals surface area (Å²) in [7, 11) is 0. The Kier molecular flexibility index (Phi) is 4.62. The van der Waals surface area contributed by atoms with Crippen molar-refractivity contribution in [2.75, 3.05) is 0 Å². The fraction of sp³-hybridized carbons (Fsp3) is 0. The van der Waals surface area contributed by atoms with Crippen LogP contribution in [0.2, 0.25) is 0 Å². The standard InChI is InChI=1S/C19H15N3O2/c23-18-10-3-1-8-16(18)20-12-14-6-5-7-15(22-14)13-21-17-9-2-4-11-19(17)24/h1-13,23-24H. The molecule has 0 aliphatic rings. The maximum absolute atomic E-state index is 9.70. The number of phenols is 2. The first-order valence-electron chi connectivity index (χ1n) is 7.33. The second kappa shape index (κ2) is 7.19. The molecule has 3 rings (SSSR count). The number of aromatic hydroxyl groups is 2. The predicted molar refractivity (Wildman–Crippen MR) is 95.0 cm³/mol. The average molecular weight is 317 g/mol.